The molecule has 3 N–H and O–H groups in total. The third-order valence-corrected chi connectivity index (χ3v) is 9.11. The van der Waals surface area contributed by atoms with Crippen molar-refractivity contribution in [2.45, 2.75) is 30.2 Å². The quantitative estimate of drug-likeness (QED) is 0.0987. The van der Waals surface area contributed by atoms with Gasteiger partial charge in [0.2, 0.25) is 5.90 Å². The van der Waals surface area contributed by atoms with E-state index in [2.05, 4.69) is 26.8 Å². The molecule has 5 rings (SSSR count). The van der Waals surface area contributed by atoms with E-state index >= 15 is 0 Å². The number of aliphatic imine (C=N–C) groups is 1. The van der Waals surface area contributed by atoms with Crippen LogP contribution in [0.5, 0.6) is 5.75 Å². The lowest BCUT2D eigenvalue weighted by Gasteiger charge is -2.31. The van der Waals surface area contributed by atoms with Crippen LogP contribution in [-0.2, 0) is 21.7 Å². The Kier molecular flexibility index (Phi) is 11.6. The third kappa shape index (κ3) is 8.52. The van der Waals surface area contributed by atoms with Gasteiger partial charge in [0.05, 0.1) is 6.61 Å². The standard InChI is InChI=1S/C35H35BrFN3O4S/c36-31-10-5-4-9-28(31)23-35(34(42)40-38-19-22-45-24-25-11-15-29(37)16-12-25)32(26-7-2-1-3-8-26)44-33(39-35)27-13-17-30(18-14-27)43-21-6-20-41/h1-5,7-18,32,38,41H,6,19-24H2,(H,40,42)/t32-,35-/m0/s1. The van der Waals surface area contributed by atoms with Gasteiger partial charge in [-0.1, -0.05) is 76.6 Å². The molecule has 0 saturated carbocycles. The van der Waals surface area contributed by atoms with Gasteiger partial charge in [-0.3, -0.25) is 10.2 Å². The lowest BCUT2D eigenvalue weighted by Crippen LogP contribution is -2.54. The normalized spacial score (nSPS) is 17.4. The summed E-state index contributed by atoms with van der Waals surface area (Å²) in [6.45, 7) is 0.999. The molecular weight excluding hydrogens is 657 g/mol. The summed E-state index contributed by atoms with van der Waals surface area (Å²) < 4.78 is 26.3. The Morgan fingerprint density at radius 2 is 1.73 bits per heavy atom. The van der Waals surface area contributed by atoms with Crippen LogP contribution < -0.4 is 15.6 Å². The highest BCUT2D eigenvalue weighted by molar-refractivity contribution is 9.10. The van der Waals surface area contributed by atoms with Gasteiger partial charge in [-0.05, 0) is 59.2 Å². The zero-order valence-electron chi connectivity index (χ0n) is 24.6. The molecule has 7 nitrogen and oxygen atoms in total. The average molecular weight is 693 g/mol. The molecule has 2 atom stereocenters. The van der Waals surface area contributed by atoms with Gasteiger partial charge < -0.3 is 14.6 Å². The predicted molar refractivity (Wildman–Crippen MR) is 180 cm³/mol. The number of nitrogens with zero attached hydrogens (tertiary/aromatic N) is 1. The number of nitrogens with one attached hydrogen (secondary N) is 2. The molecule has 1 aliphatic rings. The van der Waals surface area contributed by atoms with Crippen LogP contribution in [0.15, 0.2) is 113 Å². The summed E-state index contributed by atoms with van der Waals surface area (Å²) in [6.07, 6.45) is 0.132. The molecule has 4 aromatic carbocycles. The highest BCUT2D eigenvalue weighted by atomic mass is 79.9. The smallest absolute Gasteiger partial charge is 0.266 e. The lowest BCUT2D eigenvalue weighted by atomic mass is 9.82. The fraction of sp³-hybridized carbons (Fsp3) is 0.257. The van der Waals surface area contributed by atoms with Crippen LogP contribution in [0.2, 0.25) is 0 Å². The summed E-state index contributed by atoms with van der Waals surface area (Å²) in [7, 11) is 0. The Morgan fingerprint density at radius 1 is 1.00 bits per heavy atom. The first kappa shape index (κ1) is 32.7. The van der Waals surface area contributed by atoms with Crippen LogP contribution in [0.1, 0.15) is 34.8 Å². The van der Waals surface area contributed by atoms with Gasteiger partial charge in [0, 0.05) is 47.5 Å². The molecule has 234 valence electrons. The van der Waals surface area contributed by atoms with E-state index in [4.69, 9.17) is 19.6 Å². The van der Waals surface area contributed by atoms with Crippen LogP contribution in [0, 0.1) is 5.82 Å². The Labute approximate surface area is 275 Å². The first-order chi connectivity index (χ1) is 22.0. The second-order valence-corrected chi connectivity index (χ2v) is 12.5. The number of carbonyl (C=O) groups excluding carboxylic acids is 1. The maximum Gasteiger partial charge on any atom is 0.266 e. The molecule has 0 spiro atoms. The van der Waals surface area contributed by atoms with Crippen molar-refractivity contribution in [3.05, 3.63) is 136 Å². The van der Waals surface area contributed by atoms with Gasteiger partial charge in [0.15, 0.2) is 11.6 Å². The molecule has 0 aliphatic carbocycles. The highest BCUT2D eigenvalue weighted by Crippen LogP contribution is 2.43. The molecule has 1 aliphatic heterocycles. The van der Waals surface area contributed by atoms with Gasteiger partial charge in [0.25, 0.3) is 5.91 Å². The second-order valence-electron chi connectivity index (χ2n) is 10.5. The number of hydrogen-bond donors (Lipinski definition) is 3. The number of halogens is 2. The second kappa shape index (κ2) is 16.0. The van der Waals surface area contributed by atoms with Crippen LogP contribution in [-0.4, -0.2) is 48.0 Å². The summed E-state index contributed by atoms with van der Waals surface area (Å²) in [4.78, 5) is 19.3. The van der Waals surface area contributed by atoms with Crippen molar-refractivity contribution in [3.63, 3.8) is 0 Å². The number of rotatable bonds is 15. The van der Waals surface area contributed by atoms with Gasteiger partial charge in [-0.2, -0.15) is 11.8 Å². The number of hydrogen-bond acceptors (Lipinski definition) is 7. The van der Waals surface area contributed by atoms with E-state index in [1.807, 2.05) is 78.9 Å². The van der Waals surface area contributed by atoms with E-state index in [0.29, 0.717) is 31.2 Å². The van der Waals surface area contributed by atoms with Gasteiger partial charge in [-0.25, -0.2) is 14.8 Å². The summed E-state index contributed by atoms with van der Waals surface area (Å²) in [5.41, 5.74) is 8.20. The molecule has 0 aromatic heterocycles. The van der Waals surface area contributed by atoms with Crippen LogP contribution in [0.3, 0.4) is 0 Å². The summed E-state index contributed by atoms with van der Waals surface area (Å²) in [5, 5.41) is 9.05. The molecule has 0 fully saturated rings. The number of amides is 1. The molecule has 1 heterocycles. The molecule has 45 heavy (non-hydrogen) atoms. The van der Waals surface area contributed by atoms with Crippen LogP contribution in [0.25, 0.3) is 0 Å². The maximum absolute atomic E-state index is 14.3. The van der Waals surface area contributed by atoms with Crippen molar-refractivity contribution in [2.75, 3.05) is 25.5 Å². The predicted octanol–water partition coefficient (Wildman–Crippen LogP) is 6.40. The zero-order chi connectivity index (χ0) is 31.5. The first-order valence-electron chi connectivity index (χ1n) is 14.7. The van der Waals surface area contributed by atoms with Crippen molar-refractivity contribution < 1.29 is 23.8 Å². The lowest BCUT2D eigenvalue weighted by molar-refractivity contribution is -0.130. The minimum atomic E-state index is -1.33. The monoisotopic (exact) mass is 691 g/mol. The Hall–Kier alpha value is -3.70. The number of aliphatic hydroxyl groups is 1. The molecule has 0 unspecified atom stereocenters. The third-order valence-electron chi connectivity index (χ3n) is 7.31. The first-order valence-corrected chi connectivity index (χ1v) is 16.7. The van der Waals surface area contributed by atoms with Crippen molar-refractivity contribution in [3.8, 4) is 5.75 Å². The molecule has 4 aromatic rings. The molecule has 1 amide bonds. The molecule has 0 bridgehead atoms. The van der Waals surface area contributed by atoms with E-state index in [9.17, 15) is 9.18 Å². The van der Waals surface area contributed by atoms with Crippen LogP contribution in [0.4, 0.5) is 4.39 Å². The largest absolute Gasteiger partial charge is 0.494 e. The summed E-state index contributed by atoms with van der Waals surface area (Å²) >= 11 is 5.35. The van der Waals surface area contributed by atoms with Gasteiger partial charge in [-0.15, -0.1) is 0 Å². The van der Waals surface area contributed by atoms with Crippen molar-refractivity contribution in [2.24, 2.45) is 4.99 Å². The summed E-state index contributed by atoms with van der Waals surface area (Å²) in [6, 6.07) is 31.3. The number of benzene rings is 4. The number of carbonyl (C=O) groups is 1. The van der Waals surface area contributed by atoms with Crippen molar-refractivity contribution in [1.29, 1.82) is 0 Å². The van der Waals surface area contributed by atoms with Crippen LogP contribution >= 0.6 is 27.7 Å². The fourth-order valence-corrected chi connectivity index (χ4v) is 6.23. The Bertz CT molecular complexity index is 1570. The number of aliphatic hydroxyl groups excluding tert-OH is 1. The van der Waals surface area contributed by atoms with E-state index in [1.165, 1.54) is 12.1 Å². The number of ether oxygens (including phenoxy) is 2. The topological polar surface area (TPSA) is 92.2 Å². The van der Waals surface area contributed by atoms with Crippen molar-refractivity contribution >= 4 is 39.5 Å². The maximum atomic E-state index is 14.3. The van der Waals surface area contributed by atoms with E-state index in [-0.39, 0.29) is 24.8 Å². The fourth-order valence-electron chi connectivity index (χ4n) is 4.99. The number of hydrazine groups is 1. The molecule has 10 heteroatoms. The number of thioether (sulfide) groups is 1. The SMILES string of the molecule is O=C(NNCCSCc1ccc(F)cc1)[C@@]1(Cc2ccccc2Br)N=C(c2ccc(OCCCO)cc2)O[C@H]1c1ccccc1. The van der Waals surface area contributed by atoms with Crippen molar-refractivity contribution in [1.82, 2.24) is 10.9 Å². The average Bonchev–Trinajstić information content (AvgIpc) is 3.46. The van der Waals surface area contributed by atoms with E-state index in [0.717, 1.165) is 38.2 Å². The Morgan fingerprint density at radius 3 is 2.47 bits per heavy atom. The minimum absolute atomic E-state index is 0.0645. The van der Waals surface area contributed by atoms with E-state index in [1.54, 1.807) is 23.9 Å². The zero-order valence-corrected chi connectivity index (χ0v) is 27.0. The van der Waals surface area contributed by atoms with Gasteiger partial charge >= 0.3 is 0 Å². The minimum Gasteiger partial charge on any atom is -0.494 e. The molecular formula is C35H35BrFN3O4S. The summed E-state index contributed by atoms with van der Waals surface area (Å²) in [5.74, 6) is 1.95. The van der Waals surface area contributed by atoms with E-state index < -0.39 is 11.6 Å². The molecule has 0 saturated heterocycles. The highest BCUT2D eigenvalue weighted by Gasteiger charge is 2.53. The molecule has 0 radical (unpaired) electrons. The Balaban J connectivity index is 1.38. The van der Waals surface area contributed by atoms with Gasteiger partial charge in [0.1, 0.15) is 11.6 Å².